The minimum atomic E-state index is 0.494. The minimum absolute atomic E-state index is 0.494. The van der Waals surface area contributed by atoms with E-state index in [1.54, 1.807) is 0 Å². The molecule has 224 valence electrons. The summed E-state index contributed by atoms with van der Waals surface area (Å²) in [5.74, 6) is 2.40. The Morgan fingerprint density at radius 1 is 0.396 bits per heavy atom. The molecule has 0 N–H and O–H groups in total. The number of hydrogen-bond acceptors (Lipinski definition) is 5. The molecular formula is C42H26N6. The van der Waals surface area contributed by atoms with E-state index in [0.717, 1.165) is 60.8 Å². The van der Waals surface area contributed by atoms with E-state index in [1.807, 2.05) is 60.7 Å². The molecule has 2 aromatic heterocycles. The van der Waals surface area contributed by atoms with Gasteiger partial charge >= 0.3 is 0 Å². The summed E-state index contributed by atoms with van der Waals surface area (Å²) in [4.78, 5) is 22.9. The van der Waals surface area contributed by atoms with E-state index in [9.17, 15) is 0 Å². The normalized spacial score (nSPS) is 12.1. The van der Waals surface area contributed by atoms with E-state index >= 15 is 0 Å². The average molecular weight is 615 g/mol. The Labute approximate surface area is 276 Å². The molecule has 0 unspecified atom stereocenters. The molecule has 0 atom stereocenters. The van der Waals surface area contributed by atoms with Crippen molar-refractivity contribution in [3.8, 4) is 39.6 Å². The first kappa shape index (κ1) is 26.5. The summed E-state index contributed by atoms with van der Waals surface area (Å²) in [5.41, 5.74) is 7.91. The van der Waals surface area contributed by atoms with Crippen LogP contribution in [0.1, 0.15) is 0 Å². The number of rotatable bonds is 3. The Hall–Kier alpha value is -6.66. The van der Waals surface area contributed by atoms with Crippen LogP contribution in [0.5, 0.6) is 0 Å². The largest absolute Gasteiger partial charge is 0.277 e. The van der Waals surface area contributed by atoms with Gasteiger partial charge in [0.15, 0.2) is 11.6 Å². The predicted molar refractivity (Wildman–Crippen MR) is 194 cm³/mol. The van der Waals surface area contributed by atoms with E-state index in [-0.39, 0.29) is 0 Å². The van der Waals surface area contributed by atoms with Crippen LogP contribution in [0.2, 0.25) is 0 Å². The van der Waals surface area contributed by atoms with Gasteiger partial charge in [-0.15, -0.1) is 0 Å². The maximum atomic E-state index is 5.39. The van der Waals surface area contributed by atoms with Crippen LogP contribution in [0, 0.1) is 0 Å². The summed E-state index contributed by atoms with van der Waals surface area (Å²) >= 11 is 0. The number of nitrogens with zero attached hydrogens (tertiary/aromatic N) is 6. The molecule has 10 rings (SSSR count). The Kier molecular flexibility index (Phi) is 5.77. The van der Waals surface area contributed by atoms with Gasteiger partial charge in [0, 0.05) is 22.3 Å². The molecular weight excluding hydrogens is 589 g/mol. The third kappa shape index (κ3) is 4.13. The van der Waals surface area contributed by atoms with Gasteiger partial charge in [0.25, 0.3) is 0 Å². The Morgan fingerprint density at radius 2 is 0.938 bits per heavy atom. The Morgan fingerprint density at radius 3 is 1.60 bits per heavy atom. The lowest BCUT2D eigenvalue weighted by Gasteiger charge is -2.23. The number of imidazole rings is 1. The zero-order chi connectivity index (χ0) is 31.6. The molecule has 0 saturated heterocycles. The molecule has 0 bridgehead atoms. The second kappa shape index (κ2) is 10.4. The number of benzene rings is 7. The summed E-state index contributed by atoms with van der Waals surface area (Å²) in [6.45, 7) is 0. The van der Waals surface area contributed by atoms with Crippen molar-refractivity contribution in [3.63, 3.8) is 0 Å². The van der Waals surface area contributed by atoms with Crippen LogP contribution >= 0.6 is 0 Å². The standard InChI is InChI=1S/C42H26N6/c1-3-13-27(14-4-1)39-44-40(28-15-5-2-6-16-28)46-41(45-39)48-36-22-12-11-21-33(36)34-23-29-17-7-9-19-31(29)25-37(34)47-38-26-32-20-10-8-18-30(32)24-35(38)43-42(47)48/h1-26H. The van der Waals surface area contributed by atoms with Gasteiger partial charge < -0.3 is 0 Å². The first-order valence-corrected chi connectivity index (χ1v) is 16.0. The van der Waals surface area contributed by atoms with Crippen LogP contribution in [0.3, 0.4) is 0 Å². The highest BCUT2D eigenvalue weighted by Gasteiger charge is 2.32. The summed E-state index contributed by atoms with van der Waals surface area (Å²) in [6.07, 6.45) is 0. The van der Waals surface area contributed by atoms with Gasteiger partial charge in [0.1, 0.15) is 0 Å². The van der Waals surface area contributed by atoms with Crippen LogP contribution in [-0.2, 0) is 0 Å². The Balaban J connectivity index is 1.34. The lowest BCUT2D eigenvalue weighted by molar-refractivity contribution is 0.974. The van der Waals surface area contributed by atoms with Gasteiger partial charge in [0.05, 0.1) is 22.4 Å². The maximum Gasteiger partial charge on any atom is 0.241 e. The zero-order valence-electron chi connectivity index (χ0n) is 25.7. The van der Waals surface area contributed by atoms with Crippen LogP contribution < -0.4 is 4.90 Å². The summed E-state index contributed by atoms with van der Waals surface area (Å²) in [5, 5.41) is 4.63. The van der Waals surface area contributed by atoms with E-state index < -0.39 is 0 Å². The molecule has 6 nitrogen and oxygen atoms in total. The van der Waals surface area contributed by atoms with Crippen LogP contribution in [0.25, 0.3) is 72.2 Å². The molecule has 7 aromatic carbocycles. The lowest BCUT2D eigenvalue weighted by Crippen LogP contribution is -2.18. The number of para-hydroxylation sites is 1. The second-order valence-electron chi connectivity index (χ2n) is 12.0. The van der Waals surface area contributed by atoms with Crippen molar-refractivity contribution in [2.75, 3.05) is 4.90 Å². The fraction of sp³-hybridized carbons (Fsp3) is 0. The number of fused-ring (bicyclic) bond motifs is 9. The van der Waals surface area contributed by atoms with Gasteiger partial charge in [0.2, 0.25) is 11.9 Å². The third-order valence-corrected chi connectivity index (χ3v) is 9.13. The second-order valence-corrected chi connectivity index (χ2v) is 12.0. The van der Waals surface area contributed by atoms with E-state index in [1.165, 1.54) is 5.39 Å². The smallest absolute Gasteiger partial charge is 0.241 e. The zero-order valence-corrected chi connectivity index (χ0v) is 25.7. The van der Waals surface area contributed by atoms with Crippen molar-refractivity contribution in [1.29, 1.82) is 0 Å². The van der Waals surface area contributed by atoms with Crippen LogP contribution in [-0.4, -0.2) is 24.5 Å². The van der Waals surface area contributed by atoms with Crippen molar-refractivity contribution in [1.82, 2.24) is 24.5 Å². The van der Waals surface area contributed by atoms with Crippen molar-refractivity contribution >= 4 is 50.2 Å². The summed E-state index contributed by atoms with van der Waals surface area (Å²) in [7, 11) is 0. The summed E-state index contributed by atoms with van der Waals surface area (Å²) < 4.78 is 2.28. The molecule has 0 radical (unpaired) electrons. The average Bonchev–Trinajstić information content (AvgIpc) is 3.46. The van der Waals surface area contributed by atoms with Crippen LogP contribution in [0.4, 0.5) is 17.6 Å². The first-order chi connectivity index (χ1) is 23.8. The van der Waals surface area contributed by atoms with Gasteiger partial charge in [-0.3, -0.25) is 4.57 Å². The monoisotopic (exact) mass is 614 g/mol. The highest BCUT2D eigenvalue weighted by atomic mass is 15.4. The highest BCUT2D eigenvalue weighted by molar-refractivity contribution is 6.03. The van der Waals surface area contributed by atoms with Crippen molar-refractivity contribution < 1.29 is 0 Å². The molecule has 3 heterocycles. The summed E-state index contributed by atoms with van der Waals surface area (Å²) in [6, 6.07) is 54.6. The van der Waals surface area contributed by atoms with Gasteiger partial charge in [-0.2, -0.15) is 9.97 Å². The minimum Gasteiger partial charge on any atom is -0.277 e. The van der Waals surface area contributed by atoms with Gasteiger partial charge in [-0.25, -0.2) is 14.9 Å². The van der Waals surface area contributed by atoms with Gasteiger partial charge in [-0.05, 0) is 51.9 Å². The number of aromatic nitrogens is 5. The first-order valence-electron chi connectivity index (χ1n) is 16.0. The molecule has 6 heteroatoms. The molecule has 1 aliphatic heterocycles. The maximum absolute atomic E-state index is 5.39. The molecule has 9 aromatic rings. The van der Waals surface area contributed by atoms with Gasteiger partial charge in [-0.1, -0.05) is 127 Å². The van der Waals surface area contributed by atoms with Crippen LogP contribution in [0.15, 0.2) is 158 Å². The molecule has 0 spiro atoms. The van der Waals surface area contributed by atoms with Crippen molar-refractivity contribution in [3.05, 3.63) is 158 Å². The molecule has 0 amide bonds. The predicted octanol–water partition coefficient (Wildman–Crippen LogP) is 10.3. The van der Waals surface area contributed by atoms with E-state index in [0.29, 0.717) is 23.5 Å². The molecule has 0 fully saturated rings. The molecule has 1 aliphatic rings. The third-order valence-electron chi connectivity index (χ3n) is 9.13. The molecule has 0 saturated carbocycles. The SMILES string of the molecule is c1ccc(-c2nc(-c3ccccc3)nc(N3c4ccccc4-c4cc5ccccc5cc4-n4c3nc3cc5ccccc5cc34)n2)cc1. The van der Waals surface area contributed by atoms with Crippen molar-refractivity contribution in [2.45, 2.75) is 0 Å². The van der Waals surface area contributed by atoms with E-state index in [2.05, 4.69) is 107 Å². The molecule has 0 aliphatic carbocycles. The number of anilines is 3. The van der Waals surface area contributed by atoms with Crippen molar-refractivity contribution in [2.24, 2.45) is 0 Å². The Bertz CT molecular complexity index is 2620. The fourth-order valence-electron chi connectivity index (χ4n) is 6.87. The fourth-order valence-corrected chi connectivity index (χ4v) is 6.87. The quantitative estimate of drug-likeness (QED) is 0.198. The topological polar surface area (TPSA) is 59.7 Å². The number of hydrogen-bond donors (Lipinski definition) is 0. The molecule has 48 heavy (non-hydrogen) atoms. The van der Waals surface area contributed by atoms with E-state index in [4.69, 9.17) is 19.9 Å². The highest BCUT2D eigenvalue weighted by Crippen LogP contribution is 2.48. The lowest BCUT2D eigenvalue weighted by atomic mass is 9.97.